The molecule has 1 heterocycles. The Kier molecular flexibility index (Phi) is 7.48. The van der Waals surface area contributed by atoms with E-state index in [4.69, 9.17) is 0 Å². The number of fused-ring (bicyclic) bond motifs is 6. The van der Waals surface area contributed by atoms with E-state index in [0.29, 0.717) is 0 Å². The molecule has 0 saturated heterocycles. The number of benzene rings is 8. The van der Waals surface area contributed by atoms with Crippen LogP contribution in [-0.4, -0.2) is 4.57 Å². The van der Waals surface area contributed by atoms with E-state index in [1.807, 2.05) is 0 Å². The number of anilines is 6. The van der Waals surface area contributed by atoms with E-state index in [-0.39, 0.29) is 5.41 Å². The Balaban J connectivity index is 1.17. The van der Waals surface area contributed by atoms with E-state index in [1.54, 1.807) is 0 Å². The Labute approximate surface area is 316 Å². The van der Waals surface area contributed by atoms with Gasteiger partial charge >= 0.3 is 0 Å². The molecule has 0 bridgehead atoms. The van der Waals surface area contributed by atoms with Gasteiger partial charge in [-0.15, -0.1) is 0 Å². The Morgan fingerprint density at radius 3 is 1.50 bits per heavy atom. The fourth-order valence-corrected chi connectivity index (χ4v) is 8.60. The van der Waals surface area contributed by atoms with Crippen LogP contribution in [0.25, 0.3) is 38.6 Å². The molecule has 0 N–H and O–H groups in total. The second-order valence-electron chi connectivity index (χ2n) is 14.6. The van der Waals surface area contributed by atoms with E-state index in [9.17, 15) is 0 Å². The summed E-state index contributed by atoms with van der Waals surface area (Å²) >= 11 is 0. The van der Waals surface area contributed by atoms with Crippen molar-refractivity contribution in [3.05, 3.63) is 211 Å². The predicted molar refractivity (Wildman–Crippen MR) is 228 cm³/mol. The van der Waals surface area contributed by atoms with Crippen molar-refractivity contribution in [3.8, 4) is 16.8 Å². The summed E-state index contributed by atoms with van der Waals surface area (Å²) in [6, 6.07) is 72.5. The third-order valence-electron chi connectivity index (χ3n) is 11.2. The first-order valence-electron chi connectivity index (χ1n) is 18.7. The zero-order chi connectivity index (χ0) is 36.2. The molecule has 3 heteroatoms. The van der Waals surface area contributed by atoms with Gasteiger partial charge in [-0.05, 0) is 113 Å². The van der Waals surface area contributed by atoms with Gasteiger partial charge < -0.3 is 14.4 Å². The third-order valence-corrected chi connectivity index (χ3v) is 11.2. The van der Waals surface area contributed by atoms with Gasteiger partial charge in [0.05, 0.1) is 11.0 Å². The van der Waals surface area contributed by atoms with E-state index in [1.165, 1.54) is 44.1 Å². The molecule has 3 nitrogen and oxygen atoms in total. The molecule has 258 valence electrons. The molecule has 0 aliphatic heterocycles. The molecule has 0 saturated carbocycles. The van der Waals surface area contributed by atoms with Gasteiger partial charge in [0, 0.05) is 56.0 Å². The molecule has 0 fully saturated rings. The number of hydrogen-bond donors (Lipinski definition) is 0. The largest absolute Gasteiger partial charge is 0.311 e. The van der Waals surface area contributed by atoms with E-state index >= 15 is 0 Å². The van der Waals surface area contributed by atoms with Gasteiger partial charge in [-0.1, -0.05) is 123 Å². The number of aromatic nitrogens is 1. The van der Waals surface area contributed by atoms with Crippen LogP contribution in [0.5, 0.6) is 0 Å². The lowest BCUT2D eigenvalue weighted by Gasteiger charge is -2.29. The van der Waals surface area contributed by atoms with Crippen LogP contribution in [0.3, 0.4) is 0 Å². The van der Waals surface area contributed by atoms with Crippen molar-refractivity contribution in [1.29, 1.82) is 0 Å². The molecule has 0 spiro atoms. The summed E-state index contributed by atoms with van der Waals surface area (Å²) in [5.74, 6) is 0. The normalized spacial score (nSPS) is 12.8. The first kappa shape index (κ1) is 31.9. The topological polar surface area (TPSA) is 11.4 Å². The highest BCUT2D eigenvalue weighted by Crippen LogP contribution is 2.51. The third kappa shape index (κ3) is 5.12. The van der Waals surface area contributed by atoms with Crippen LogP contribution in [0.1, 0.15) is 25.0 Å². The summed E-state index contributed by atoms with van der Waals surface area (Å²) in [6.07, 6.45) is 0. The molecule has 0 unspecified atom stereocenters. The van der Waals surface area contributed by atoms with Gasteiger partial charge in [-0.2, -0.15) is 0 Å². The van der Waals surface area contributed by atoms with Crippen molar-refractivity contribution in [2.24, 2.45) is 0 Å². The van der Waals surface area contributed by atoms with Crippen LogP contribution >= 0.6 is 0 Å². The molecule has 54 heavy (non-hydrogen) atoms. The lowest BCUT2D eigenvalue weighted by Crippen LogP contribution is -2.15. The van der Waals surface area contributed by atoms with Crippen molar-refractivity contribution in [2.45, 2.75) is 19.3 Å². The zero-order valence-corrected chi connectivity index (χ0v) is 30.4. The van der Waals surface area contributed by atoms with Gasteiger partial charge in [0.25, 0.3) is 0 Å². The molecule has 1 aliphatic rings. The molecule has 0 amide bonds. The molecule has 9 aromatic rings. The highest BCUT2D eigenvalue weighted by Gasteiger charge is 2.35. The average Bonchev–Trinajstić information content (AvgIpc) is 3.68. The highest BCUT2D eigenvalue weighted by atomic mass is 15.2. The van der Waals surface area contributed by atoms with Crippen molar-refractivity contribution in [2.75, 3.05) is 9.80 Å². The lowest BCUT2D eigenvalue weighted by atomic mass is 9.82. The van der Waals surface area contributed by atoms with Gasteiger partial charge in [0.2, 0.25) is 0 Å². The van der Waals surface area contributed by atoms with Gasteiger partial charge in [-0.25, -0.2) is 0 Å². The van der Waals surface area contributed by atoms with Gasteiger partial charge in [0.1, 0.15) is 0 Å². The molecule has 0 atom stereocenters. The van der Waals surface area contributed by atoms with Crippen LogP contribution < -0.4 is 9.80 Å². The maximum absolute atomic E-state index is 2.42. The highest BCUT2D eigenvalue weighted by molar-refractivity contribution is 6.10. The smallest absolute Gasteiger partial charge is 0.0561 e. The first-order valence-corrected chi connectivity index (χ1v) is 18.7. The molecular weight excluding hydrogens is 655 g/mol. The number of hydrogen-bond acceptors (Lipinski definition) is 2. The van der Waals surface area contributed by atoms with Crippen molar-refractivity contribution >= 4 is 55.9 Å². The SMILES string of the molecule is CC1(C)c2ccccc2-c2cc(N(c3ccc(N(c4ccccc4)c4ccccc4)cc3)c3ccc4c5ccccc5n(-c5ccccc5)c4c3)ccc21. The summed E-state index contributed by atoms with van der Waals surface area (Å²) < 4.78 is 2.40. The maximum atomic E-state index is 2.42. The lowest BCUT2D eigenvalue weighted by molar-refractivity contribution is 0.660. The first-order chi connectivity index (χ1) is 26.6. The molecular formula is C51H39N3. The van der Waals surface area contributed by atoms with Crippen LogP contribution in [0.4, 0.5) is 34.1 Å². The monoisotopic (exact) mass is 693 g/mol. The Hall–Kier alpha value is -6.84. The van der Waals surface area contributed by atoms with Crippen LogP contribution in [0.2, 0.25) is 0 Å². The Bertz CT molecular complexity index is 2740. The fraction of sp³-hybridized carbons (Fsp3) is 0.0588. The standard InChI is InChI=1S/C51H39N3/c1-51(2)47-24-14-12-22-43(47)46-34-41(31-33-48(46)51)53(40-28-26-39(27-29-40)52(36-16-6-3-7-17-36)37-18-8-4-9-19-37)42-30-32-45-44-23-13-15-25-49(44)54(50(45)35-42)38-20-10-5-11-21-38/h3-35H,1-2H3. The van der Waals surface area contributed by atoms with Crippen molar-refractivity contribution < 1.29 is 0 Å². The number of nitrogens with zero attached hydrogens (tertiary/aromatic N) is 3. The minimum absolute atomic E-state index is 0.0647. The Morgan fingerprint density at radius 2 is 0.815 bits per heavy atom. The number of para-hydroxylation sites is 4. The van der Waals surface area contributed by atoms with E-state index < -0.39 is 0 Å². The second kappa shape index (κ2) is 12.7. The zero-order valence-electron chi connectivity index (χ0n) is 30.4. The summed E-state index contributed by atoms with van der Waals surface area (Å²) in [6.45, 7) is 4.69. The molecule has 1 aliphatic carbocycles. The van der Waals surface area contributed by atoms with E-state index in [0.717, 1.165) is 39.8 Å². The second-order valence-corrected chi connectivity index (χ2v) is 14.6. The van der Waals surface area contributed by atoms with Gasteiger partial charge in [-0.3, -0.25) is 0 Å². The minimum Gasteiger partial charge on any atom is -0.311 e. The number of rotatable bonds is 7. The summed E-state index contributed by atoms with van der Waals surface area (Å²) in [5, 5.41) is 2.48. The minimum atomic E-state index is -0.0647. The average molecular weight is 694 g/mol. The van der Waals surface area contributed by atoms with Crippen LogP contribution in [-0.2, 0) is 5.41 Å². The van der Waals surface area contributed by atoms with Crippen LogP contribution in [0, 0.1) is 0 Å². The molecule has 1 aromatic heterocycles. The van der Waals surface area contributed by atoms with Crippen molar-refractivity contribution in [3.63, 3.8) is 0 Å². The maximum Gasteiger partial charge on any atom is 0.0561 e. The quantitative estimate of drug-likeness (QED) is 0.165. The summed E-state index contributed by atoms with van der Waals surface area (Å²) in [4.78, 5) is 4.73. The Morgan fingerprint density at radius 1 is 0.352 bits per heavy atom. The van der Waals surface area contributed by atoms with E-state index in [2.05, 4.69) is 228 Å². The fourth-order valence-electron chi connectivity index (χ4n) is 8.60. The summed E-state index contributed by atoms with van der Waals surface area (Å²) in [7, 11) is 0. The summed E-state index contributed by atoms with van der Waals surface area (Å²) in [5.41, 5.74) is 15.5. The molecule has 10 rings (SSSR count). The van der Waals surface area contributed by atoms with Gasteiger partial charge in [0.15, 0.2) is 0 Å². The van der Waals surface area contributed by atoms with Crippen LogP contribution in [0.15, 0.2) is 200 Å². The molecule has 0 radical (unpaired) electrons. The van der Waals surface area contributed by atoms with Crippen molar-refractivity contribution in [1.82, 2.24) is 4.57 Å². The predicted octanol–water partition coefficient (Wildman–Crippen LogP) is 14.0. The molecule has 8 aromatic carbocycles.